The summed E-state index contributed by atoms with van der Waals surface area (Å²) in [7, 11) is 0. The molecule has 2 fully saturated rings. The van der Waals surface area contributed by atoms with E-state index in [-0.39, 0.29) is 12.2 Å². The van der Waals surface area contributed by atoms with Crippen LogP contribution in [-0.4, -0.2) is 36.5 Å². The van der Waals surface area contributed by atoms with Crippen molar-refractivity contribution in [3.63, 3.8) is 0 Å². The molecule has 2 atom stereocenters. The van der Waals surface area contributed by atoms with Crippen LogP contribution in [0.1, 0.15) is 26.7 Å². The van der Waals surface area contributed by atoms with Crippen molar-refractivity contribution in [2.45, 2.75) is 44.9 Å². The van der Waals surface area contributed by atoms with Crippen LogP contribution in [0.15, 0.2) is 24.3 Å². The summed E-state index contributed by atoms with van der Waals surface area (Å²) in [6.07, 6.45) is 3.02. The van der Waals surface area contributed by atoms with E-state index in [1.165, 1.54) is 18.5 Å². The molecule has 4 nitrogen and oxygen atoms in total. The average Bonchev–Trinajstić information content (AvgIpc) is 3.22. The molecule has 1 saturated carbocycles. The minimum atomic E-state index is 0.280. The molecule has 1 aliphatic carbocycles. The first-order chi connectivity index (χ1) is 10.1. The number of ether oxygens (including phenoxy) is 1. The number of nitrogens with one attached hydrogen (secondary N) is 2. The van der Waals surface area contributed by atoms with Gasteiger partial charge in [0.05, 0.1) is 12.2 Å². The highest BCUT2D eigenvalue weighted by Crippen LogP contribution is 2.23. The van der Waals surface area contributed by atoms with Gasteiger partial charge in [-0.3, -0.25) is 0 Å². The number of benzene rings is 1. The quantitative estimate of drug-likeness (QED) is 0.840. The third-order valence-corrected chi connectivity index (χ3v) is 4.04. The second-order valence-electron chi connectivity index (χ2n) is 6.08. The van der Waals surface area contributed by atoms with Gasteiger partial charge in [0, 0.05) is 30.5 Å². The smallest absolute Gasteiger partial charge is 0.170 e. The number of thiocarbonyl (C=S) groups is 1. The molecule has 0 aromatic heterocycles. The third kappa shape index (κ3) is 4.08. The van der Waals surface area contributed by atoms with E-state index in [2.05, 4.69) is 53.6 Å². The Morgan fingerprint density at radius 3 is 2.33 bits per heavy atom. The maximum atomic E-state index is 5.78. The molecule has 0 unspecified atom stereocenters. The molecule has 0 radical (unpaired) electrons. The molecule has 1 aliphatic heterocycles. The zero-order chi connectivity index (χ0) is 14.8. The van der Waals surface area contributed by atoms with Gasteiger partial charge in [-0.15, -0.1) is 0 Å². The summed E-state index contributed by atoms with van der Waals surface area (Å²) in [5, 5.41) is 7.24. The van der Waals surface area contributed by atoms with Crippen LogP contribution in [0, 0.1) is 0 Å². The zero-order valence-corrected chi connectivity index (χ0v) is 13.5. The van der Waals surface area contributed by atoms with E-state index < -0.39 is 0 Å². The largest absolute Gasteiger partial charge is 0.372 e. The van der Waals surface area contributed by atoms with E-state index in [0.29, 0.717) is 6.04 Å². The fourth-order valence-electron chi connectivity index (χ4n) is 2.72. The summed E-state index contributed by atoms with van der Waals surface area (Å²) in [5.41, 5.74) is 2.27. The lowest BCUT2D eigenvalue weighted by Gasteiger charge is -2.36. The van der Waals surface area contributed by atoms with Gasteiger partial charge in [0.15, 0.2) is 5.11 Å². The first-order valence-electron chi connectivity index (χ1n) is 7.68. The number of nitrogens with zero attached hydrogens (tertiary/aromatic N) is 1. The van der Waals surface area contributed by atoms with E-state index >= 15 is 0 Å². The summed E-state index contributed by atoms with van der Waals surface area (Å²) in [6, 6.07) is 9.04. The van der Waals surface area contributed by atoms with Crippen LogP contribution in [0.2, 0.25) is 0 Å². The molecule has 114 valence electrons. The number of hydrogen-bond acceptors (Lipinski definition) is 3. The molecule has 2 aliphatic rings. The van der Waals surface area contributed by atoms with Gasteiger partial charge < -0.3 is 20.3 Å². The summed E-state index contributed by atoms with van der Waals surface area (Å²) >= 11 is 5.29. The van der Waals surface area contributed by atoms with Crippen molar-refractivity contribution < 1.29 is 4.74 Å². The lowest BCUT2D eigenvalue weighted by molar-refractivity contribution is -0.00521. The van der Waals surface area contributed by atoms with Crippen molar-refractivity contribution in [3.05, 3.63) is 24.3 Å². The Hall–Kier alpha value is -1.33. The van der Waals surface area contributed by atoms with Crippen LogP contribution < -0.4 is 15.5 Å². The minimum Gasteiger partial charge on any atom is -0.372 e. The molecule has 2 N–H and O–H groups in total. The van der Waals surface area contributed by atoms with Crippen molar-refractivity contribution in [1.82, 2.24) is 5.32 Å². The third-order valence-electron chi connectivity index (χ3n) is 3.82. The Morgan fingerprint density at radius 2 is 1.76 bits per heavy atom. The molecule has 0 spiro atoms. The van der Waals surface area contributed by atoms with E-state index in [1.54, 1.807) is 0 Å². The van der Waals surface area contributed by atoms with Crippen molar-refractivity contribution in [3.8, 4) is 0 Å². The molecular formula is C16H23N3OS. The summed E-state index contributed by atoms with van der Waals surface area (Å²) < 4.78 is 5.78. The summed E-state index contributed by atoms with van der Waals surface area (Å²) in [4.78, 5) is 2.38. The molecule has 3 rings (SSSR count). The predicted octanol–water partition coefficient (Wildman–Crippen LogP) is 2.75. The van der Waals surface area contributed by atoms with Crippen LogP contribution in [0.5, 0.6) is 0 Å². The Balaban J connectivity index is 1.59. The van der Waals surface area contributed by atoms with Gasteiger partial charge in [0.1, 0.15) is 0 Å². The summed E-state index contributed by atoms with van der Waals surface area (Å²) in [5.74, 6) is 0. The van der Waals surface area contributed by atoms with Crippen LogP contribution in [0.4, 0.5) is 11.4 Å². The Morgan fingerprint density at radius 1 is 1.14 bits per heavy atom. The first kappa shape index (κ1) is 14.6. The molecule has 1 aromatic carbocycles. The lowest BCUT2D eigenvalue weighted by atomic mass is 10.2. The van der Waals surface area contributed by atoms with Gasteiger partial charge in [-0.25, -0.2) is 0 Å². The number of hydrogen-bond donors (Lipinski definition) is 2. The Bertz CT molecular complexity index is 491. The molecule has 0 bridgehead atoms. The van der Waals surface area contributed by atoms with Crippen LogP contribution in [-0.2, 0) is 4.74 Å². The Labute approximate surface area is 131 Å². The Kier molecular flexibility index (Phi) is 4.31. The van der Waals surface area contributed by atoms with Crippen molar-refractivity contribution in [2.24, 2.45) is 0 Å². The van der Waals surface area contributed by atoms with Gasteiger partial charge in [0.2, 0.25) is 0 Å². The van der Waals surface area contributed by atoms with E-state index in [9.17, 15) is 0 Å². The van der Waals surface area contributed by atoms with Gasteiger partial charge >= 0.3 is 0 Å². The molecule has 5 heteroatoms. The molecule has 1 saturated heterocycles. The topological polar surface area (TPSA) is 36.5 Å². The van der Waals surface area contributed by atoms with E-state index in [1.807, 2.05) is 0 Å². The van der Waals surface area contributed by atoms with Crippen molar-refractivity contribution >= 4 is 28.7 Å². The fourth-order valence-corrected chi connectivity index (χ4v) is 3.01. The number of anilines is 2. The van der Waals surface area contributed by atoms with Gasteiger partial charge in [-0.05, 0) is 63.2 Å². The molecular weight excluding hydrogens is 282 g/mol. The van der Waals surface area contributed by atoms with Gasteiger partial charge in [0.25, 0.3) is 0 Å². The van der Waals surface area contributed by atoms with E-state index in [0.717, 1.165) is 23.9 Å². The van der Waals surface area contributed by atoms with E-state index in [4.69, 9.17) is 17.0 Å². The van der Waals surface area contributed by atoms with Crippen LogP contribution in [0.3, 0.4) is 0 Å². The standard InChI is InChI=1S/C16H23N3OS/c1-11-9-19(10-12(2)20-11)15-7-5-14(6-8-15)18-16(21)17-13-3-4-13/h5-8,11-13H,3-4,9-10H2,1-2H3,(H2,17,18,21)/t11-,12-/m0/s1. The number of rotatable bonds is 3. The molecule has 0 amide bonds. The normalized spacial score (nSPS) is 25.5. The van der Waals surface area contributed by atoms with Crippen molar-refractivity contribution in [2.75, 3.05) is 23.3 Å². The average molecular weight is 305 g/mol. The van der Waals surface area contributed by atoms with Crippen LogP contribution >= 0.6 is 12.2 Å². The van der Waals surface area contributed by atoms with Crippen LogP contribution in [0.25, 0.3) is 0 Å². The highest BCUT2D eigenvalue weighted by atomic mass is 32.1. The molecule has 21 heavy (non-hydrogen) atoms. The molecule has 1 heterocycles. The first-order valence-corrected chi connectivity index (χ1v) is 8.09. The predicted molar refractivity (Wildman–Crippen MR) is 91.0 cm³/mol. The highest BCUT2D eigenvalue weighted by Gasteiger charge is 2.23. The monoisotopic (exact) mass is 305 g/mol. The van der Waals surface area contributed by atoms with Crippen molar-refractivity contribution in [1.29, 1.82) is 0 Å². The minimum absolute atomic E-state index is 0.280. The summed E-state index contributed by atoms with van der Waals surface area (Å²) in [6.45, 7) is 6.14. The second kappa shape index (κ2) is 6.20. The molecule has 1 aromatic rings. The zero-order valence-electron chi connectivity index (χ0n) is 12.6. The second-order valence-corrected chi connectivity index (χ2v) is 6.49. The lowest BCUT2D eigenvalue weighted by Crippen LogP contribution is -2.45. The fraction of sp³-hybridized carbons (Fsp3) is 0.562. The van der Waals surface area contributed by atoms with Gasteiger partial charge in [-0.2, -0.15) is 0 Å². The SMILES string of the molecule is C[C@H]1CN(c2ccc(NC(=S)NC3CC3)cc2)C[C@H](C)O1. The highest BCUT2D eigenvalue weighted by molar-refractivity contribution is 7.80. The van der Waals surface area contributed by atoms with Gasteiger partial charge in [-0.1, -0.05) is 0 Å². The number of morpholine rings is 1. The maximum Gasteiger partial charge on any atom is 0.170 e. The maximum absolute atomic E-state index is 5.78.